The summed E-state index contributed by atoms with van der Waals surface area (Å²) in [5.74, 6) is -0.299. The van der Waals surface area contributed by atoms with Crippen LogP contribution in [0.15, 0.2) is 48.6 Å². The molecule has 3 aliphatic rings. The minimum absolute atomic E-state index is 0.219. The molecule has 17 unspecified atom stereocenters. The largest absolute Gasteiger partial charge is 0.394 e. The van der Waals surface area contributed by atoms with Crippen molar-refractivity contribution in [2.45, 2.75) is 336 Å². The average Bonchev–Trinajstić information content (AvgIpc) is 3.49. The van der Waals surface area contributed by atoms with Crippen LogP contribution < -0.4 is 5.32 Å². The van der Waals surface area contributed by atoms with Gasteiger partial charge in [0.05, 0.1) is 38.6 Å². The monoisotopic (exact) mass is 1210 g/mol. The number of hydrogen-bond donors (Lipinski definition) is 12. The van der Waals surface area contributed by atoms with Gasteiger partial charge in [0.15, 0.2) is 18.9 Å². The summed E-state index contributed by atoms with van der Waals surface area (Å²) >= 11 is 0. The Hall–Kier alpha value is -2.25. The smallest absolute Gasteiger partial charge is 0.220 e. The maximum absolute atomic E-state index is 13.4. The van der Waals surface area contributed by atoms with E-state index in [-0.39, 0.29) is 18.9 Å². The minimum Gasteiger partial charge on any atom is -0.394 e. The second-order valence-electron chi connectivity index (χ2n) is 23.9. The number of aliphatic hydroxyl groups excluding tert-OH is 11. The van der Waals surface area contributed by atoms with E-state index in [2.05, 4.69) is 55.6 Å². The van der Waals surface area contributed by atoms with Crippen LogP contribution in [0.25, 0.3) is 0 Å². The molecule has 0 bridgehead atoms. The summed E-state index contributed by atoms with van der Waals surface area (Å²) in [6.45, 7) is 1.69. The second kappa shape index (κ2) is 48.6. The highest BCUT2D eigenvalue weighted by Crippen LogP contribution is 2.33. The zero-order valence-electron chi connectivity index (χ0n) is 52.1. The van der Waals surface area contributed by atoms with Crippen molar-refractivity contribution in [3.63, 3.8) is 0 Å². The van der Waals surface area contributed by atoms with Gasteiger partial charge in [0.25, 0.3) is 0 Å². The lowest BCUT2D eigenvalue weighted by Crippen LogP contribution is -2.66. The highest BCUT2D eigenvalue weighted by Gasteiger charge is 2.53. The number of allylic oxidation sites excluding steroid dienone is 7. The normalized spacial score (nSPS) is 29.3. The number of hydrogen-bond acceptors (Lipinski definition) is 18. The van der Waals surface area contributed by atoms with E-state index in [1.165, 1.54) is 135 Å². The fourth-order valence-electron chi connectivity index (χ4n) is 11.1. The zero-order chi connectivity index (χ0) is 61.9. The number of unbranched alkanes of at least 4 members (excludes halogenated alkanes) is 28. The molecule has 3 fully saturated rings. The van der Waals surface area contributed by atoms with Gasteiger partial charge in [0.1, 0.15) is 73.2 Å². The molecule has 496 valence electrons. The Balaban J connectivity index is 1.47. The van der Waals surface area contributed by atoms with Gasteiger partial charge in [-0.3, -0.25) is 4.79 Å². The van der Waals surface area contributed by atoms with E-state index in [4.69, 9.17) is 28.4 Å². The van der Waals surface area contributed by atoms with Crippen LogP contribution in [0.2, 0.25) is 0 Å². The number of rotatable bonds is 50. The van der Waals surface area contributed by atoms with Gasteiger partial charge in [-0.15, -0.1) is 0 Å². The number of carbonyl (C=O) groups is 1. The lowest BCUT2D eigenvalue weighted by molar-refractivity contribution is -0.379. The average molecular weight is 1210 g/mol. The van der Waals surface area contributed by atoms with Crippen molar-refractivity contribution in [1.82, 2.24) is 5.32 Å². The van der Waals surface area contributed by atoms with Crippen molar-refractivity contribution in [1.29, 1.82) is 0 Å². The Morgan fingerprint density at radius 1 is 0.424 bits per heavy atom. The number of aliphatic hydroxyl groups is 11. The van der Waals surface area contributed by atoms with Gasteiger partial charge < -0.3 is 89.9 Å². The molecule has 19 nitrogen and oxygen atoms in total. The Morgan fingerprint density at radius 3 is 1.26 bits per heavy atom. The lowest BCUT2D eigenvalue weighted by Gasteiger charge is -2.48. The van der Waals surface area contributed by atoms with Gasteiger partial charge >= 0.3 is 0 Å². The Kier molecular flexibility index (Phi) is 44.0. The van der Waals surface area contributed by atoms with Gasteiger partial charge in [-0.05, 0) is 64.2 Å². The molecule has 0 spiro atoms. The fraction of sp³-hybridized carbons (Fsp3) is 0.864. The third kappa shape index (κ3) is 31.4. The molecule has 0 saturated carbocycles. The molecular formula is C66H119NO18. The number of carbonyl (C=O) groups excluding carboxylic acids is 1. The molecule has 3 heterocycles. The van der Waals surface area contributed by atoms with Crippen LogP contribution in [-0.4, -0.2) is 193 Å². The molecule has 85 heavy (non-hydrogen) atoms. The van der Waals surface area contributed by atoms with Gasteiger partial charge in [-0.1, -0.05) is 210 Å². The number of ether oxygens (including phenoxy) is 6. The maximum Gasteiger partial charge on any atom is 0.220 e. The molecule has 12 N–H and O–H groups in total. The summed E-state index contributed by atoms with van der Waals surface area (Å²) in [5, 5.41) is 120. The highest BCUT2D eigenvalue weighted by molar-refractivity contribution is 5.76. The Morgan fingerprint density at radius 2 is 0.788 bits per heavy atom. The molecule has 0 aromatic heterocycles. The SMILES string of the molecule is CCCCCC/C=C\C/C=C\CCCCCCCC(=O)NC(COC1OC(CO)C(OC2OC(CO)C(OC3OC(CO)C(O)C(O)C3O)C(O)C2O)C(O)C1O)C(O)/C=C/CC/C=C/CCCCCCCCCCCCCCCCCCCC. The lowest BCUT2D eigenvalue weighted by atomic mass is 9.96. The van der Waals surface area contributed by atoms with Crippen LogP contribution >= 0.6 is 0 Å². The third-order valence-corrected chi connectivity index (χ3v) is 16.6. The molecule has 0 radical (unpaired) electrons. The molecule has 1 amide bonds. The van der Waals surface area contributed by atoms with Gasteiger partial charge in [-0.25, -0.2) is 0 Å². The van der Waals surface area contributed by atoms with E-state index < -0.39 is 124 Å². The number of amides is 1. The van der Waals surface area contributed by atoms with Crippen molar-refractivity contribution in [3.8, 4) is 0 Å². The molecule has 3 saturated heterocycles. The molecule has 3 rings (SSSR count). The quantitative estimate of drug-likeness (QED) is 0.0204. The van der Waals surface area contributed by atoms with Crippen molar-refractivity contribution >= 4 is 5.91 Å². The molecule has 0 aromatic rings. The van der Waals surface area contributed by atoms with Crippen LogP contribution in [-0.2, 0) is 33.2 Å². The molecular weight excluding hydrogens is 1090 g/mol. The maximum atomic E-state index is 13.4. The van der Waals surface area contributed by atoms with E-state index in [1.807, 2.05) is 6.08 Å². The first-order valence-electron chi connectivity index (χ1n) is 33.4. The predicted octanol–water partition coefficient (Wildman–Crippen LogP) is 7.83. The standard InChI is InChI=1S/C66H119NO18/c1-3-5-7-9-11-13-15-17-19-21-22-23-24-25-26-27-28-29-31-33-35-37-39-41-43-50(71)49(67-54(72)44-42-40-38-36-34-32-30-20-18-16-14-12-10-8-6-4-2)48-80-64-60(78)57(75)62(52(46-69)82-64)85-66-61(79)58(76)63(53(47-70)83-66)84-65-59(77)56(74)55(73)51(45-68)81-65/h14,16,20,30,33,35,41,43,49-53,55-66,68-71,73-79H,3-13,15,17-19,21-29,31-32,34,36-40,42,44-48H2,1-2H3,(H,67,72)/b16-14-,30-20-,35-33+,43-41+. The van der Waals surface area contributed by atoms with E-state index in [0.717, 1.165) is 64.2 Å². The topological polar surface area (TPSA) is 307 Å². The van der Waals surface area contributed by atoms with E-state index in [1.54, 1.807) is 6.08 Å². The Labute approximate surface area is 510 Å². The van der Waals surface area contributed by atoms with Crippen molar-refractivity contribution in [2.24, 2.45) is 0 Å². The summed E-state index contributed by atoms with van der Waals surface area (Å²) in [6.07, 6.45) is 29.5. The zero-order valence-corrected chi connectivity index (χ0v) is 52.1. The van der Waals surface area contributed by atoms with Crippen LogP contribution in [0.5, 0.6) is 0 Å². The fourth-order valence-corrected chi connectivity index (χ4v) is 11.1. The van der Waals surface area contributed by atoms with E-state index >= 15 is 0 Å². The molecule has 19 heteroatoms. The van der Waals surface area contributed by atoms with Gasteiger partial charge in [0.2, 0.25) is 5.91 Å². The van der Waals surface area contributed by atoms with Crippen LogP contribution in [0, 0.1) is 0 Å². The first-order chi connectivity index (χ1) is 41.3. The predicted molar refractivity (Wildman–Crippen MR) is 328 cm³/mol. The number of nitrogens with one attached hydrogen (secondary N) is 1. The van der Waals surface area contributed by atoms with Crippen molar-refractivity contribution in [3.05, 3.63) is 48.6 Å². The van der Waals surface area contributed by atoms with Crippen LogP contribution in [0.4, 0.5) is 0 Å². The first kappa shape index (κ1) is 77.0. The minimum atomic E-state index is -1.98. The molecule has 0 aliphatic carbocycles. The summed E-state index contributed by atoms with van der Waals surface area (Å²) in [6, 6.07) is -0.998. The van der Waals surface area contributed by atoms with Crippen molar-refractivity contribution < 1.29 is 89.4 Å². The summed E-state index contributed by atoms with van der Waals surface area (Å²) in [7, 11) is 0. The van der Waals surface area contributed by atoms with E-state index in [0.29, 0.717) is 12.8 Å². The molecule has 0 aromatic carbocycles. The van der Waals surface area contributed by atoms with E-state index in [9.17, 15) is 61.0 Å². The second-order valence-corrected chi connectivity index (χ2v) is 23.9. The summed E-state index contributed by atoms with van der Waals surface area (Å²) in [5.41, 5.74) is 0. The molecule has 3 aliphatic heterocycles. The van der Waals surface area contributed by atoms with Crippen LogP contribution in [0.3, 0.4) is 0 Å². The van der Waals surface area contributed by atoms with Crippen molar-refractivity contribution in [2.75, 3.05) is 26.4 Å². The van der Waals surface area contributed by atoms with Gasteiger partial charge in [0, 0.05) is 6.42 Å². The summed E-state index contributed by atoms with van der Waals surface area (Å²) < 4.78 is 34.3. The third-order valence-electron chi connectivity index (χ3n) is 16.6. The first-order valence-corrected chi connectivity index (χ1v) is 33.4. The Bertz CT molecular complexity index is 1740. The van der Waals surface area contributed by atoms with Crippen LogP contribution in [0.1, 0.15) is 232 Å². The summed E-state index contributed by atoms with van der Waals surface area (Å²) in [4.78, 5) is 13.4. The molecule has 17 atom stereocenters. The van der Waals surface area contributed by atoms with Gasteiger partial charge in [-0.2, -0.15) is 0 Å². The highest BCUT2D eigenvalue weighted by atomic mass is 16.8.